The SMILES string of the molecule is CCCc1sc(C(=O)OCC(=O)Nc2ccccc2S(C)(=O)=O)cc1CC. The van der Waals surface area contributed by atoms with Crippen molar-refractivity contribution in [1.29, 1.82) is 0 Å². The number of sulfone groups is 1. The Labute approximate surface area is 163 Å². The Bertz CT molecular complexity index is 931. The van der Waals surface area contributed by atoms with E-state index in [1.165, 1.54) is 28.3 Å². The van der Waals surface area contributed by atoms with E-state index in [4.69, 9.17) is 4.74 Å². The van der Waals surface area contributed by atoms with Gasteiger partial charge in [-0.1, -0.05) is 32.4 Å². The zero-order valence-corrected chi connectivity index (χ0v) is 17.2. The highest BCUT2D eigenvalue weighted by molar-refractivity contribution is 7.90. The van der Waals surface area contributed by atoms with E-state index in [-0.39, 0.29) is 10.6 Å². The normalized spacial score (nSPS) is 11.2. The summed E-state index contributed by atoms with van der Waals surface area (Å²) < 4.78 is 28.6. The van der Waals surface area contributed by atoms with Crippen LogP contribution in [0.25, 0.3) is 0 Å². The van der Waals surface area contributed by atoms with Gasteiger partial charge in [-0.2, -0.15) is 0 Å². The van der Waals surface area contributed by atoms with E-state index in [0.29, 0.717) is 4.88 Å². The van der Waals surface area contributed by atoms with Crippen LogP contribution in [-0.4, -0.2) is 33.2 Å². The molecule has 0 aliphatic carbocycles. The molecular weight excluding hydrogens is 386 g/mol. The minimum absolute atomic E-state index is 0.0136. The zero-order chi connectivity index (χ0) is 20.0. The largest absolute Gasteiger partial charge is 0.451 e. The average Bonchev–Trinajstić information content (AvgIpc) is 3.02. The molecule has 8 heteroatoms. The van der Waals surface area contributed by atoms with Crippen molar-refractivity contribution in [2.24, 2.45) is 0 Å². The van der Waals surface area contributed by atoms with Gasteiger partial charge in [0.05, 0.1) is 10.6 Å². The number of rotatable bonds is 8. The topological polar surface area (TPSA) is 89.5 Å². The predicted molar refractivity (Wildman–Crippen MR) is 106 cm³/mol. The average molecular weight is 410 g/mol. The summed E-state index contributed by atoms with van der Waals surface area (Å²) in [7, 11) is -3.48. The molecule has 1 N–H and O–H groups in total. The van der Waals surface area contributed by atoms with Gasteiger partial charge in [-0.05, 0) is 36.6 Å². The summed E-state index contributed by atoms with van der Waals surface area (Å²) in [6, 6.07) is 7.89. The number of carbonyl (C=O) groups excluding carboxylic acids is 2. The Morgan fingerprint density at radius 1 is 1.19 bits per heavy atom. The summed E-state index contributed by atoms with van der Waals surface area (Å²) in [5, 5.41) is 2.48. The highest BCUT2D eigenvalue weighted by Crippen LogP contribution is 2.25. The molecule has 0 atom stereocenters. The molecule has 0 bridgehead atoms. The van der Waals surface area contributed by atoms with Gasteiger partial charge in [0.25, 0.3) is 5.91 Å². The van der Waals surface area contributed by atoms with Crippen molar-refractivity contribution in [1.82, 2.24) is 0 Å². The molecule has 0 saturated heterocycles. The number of anilines is 1. The number of nitrogens with one attached hydrogen (secondary N) is 1. The molecule has 1 heterocycles. The third kappa shape index (κ3) is 5.64. The molecular formula is C19H23NO5S2. The summed E-state index contributed by atoms with van der Waals surface area (Å²) in [6.45, 7) is 3.62. The first kappa shape index (κ1) is 21.1. The van der Waals surface area contributed by atoms with Crippen LogP contribution in [0.5, 0.6) is 0 Å². The van der Waals surface area contributed by atoms with Crippen molar-refractivity contribution in [3.63, 3.8) is 0 Å². The van der Waals surface area contributed by atoms with E-state index in [0.717, 1.165) is 31.1 Å². The summed E-state index contributed by atoms with van der Waals surface area (Å²) in [4.78, 5) is 26.0. The molecule has 27 heavy (non-hydrogen) atoms. The fourth-order valence-electron chi connectivity index (χ4n) is 2.59. The number of aryl methyl sites for hydroxylation is 2. The van der Waals surface area contributed by atoms with Crippen molar-refractivity contribution in [2.75, 3.05) is 18.2 Å². The quantitative estimate of drug-likeness (QED) is 0.675. The van der Waals surface area contributed by atoms with Gasteiger partial charge in [-0.3, -0.25) is 4.79 Å². The number of ether oxygens (including phenoxy) is 1. The standard InChI is InChI=1S/C19H23NO5S2/c1-4-8-15-13(5-2)11-16(26-15)19(22)25-12-18(21)20-14-9-6-7-10-17(14)27(3,23)24/h6-7,9-11H,4-5,8,12H2,1-3H3,(H,20,21). The maximum Gasteiger partial charge on any atom is 0.348 e. The van der Waals surface area contributed by atoms with Crippen LogP contribution in [0, 0.1) is 0 Å². The molecule has 1 aromatic carbocycles. The number of hydrogen-bond donors (Lipinski definition) is 1. The van der Waals surface area contributed by atoms with E-state index in [2.05, 4.69) is 12.2 Å². The van der Waals surface area contributed by atoms with Crippen LogP contribution in [0.4, 0.5) is 5.69 Å². The van der Waals surface area contributed by atoms with Gasteiger partial charge in [0.15, 0.2) is 16.4 Å². The minimum Gasteiger partial charge on any atom is -0.451 e. The third-order valence-electron chi connectivity index (χ3n) is 3.85. The van der Waals surface area contributed by atoms with Gasteiger partial charge in [0.1, 0.15) is 4.88 Å². The van der Waals surface area contributed by atoms with Gasteiger partial charge in [0.2, 0.25) is 0 Å². The highest BCUT2D eigenvalue weighted by Gasteiger charge is 2.18. The lowest BCUT2D eigenvalue weighted by Gasteiger charge is -2.09. The smallest absolute Gasteiger partial charge is 0.348 e. The Morgan fingerprint density at radius 2 is 1.89 bits per heavy atom. The number of esters is 1. The van der Waals surface area contributed by atoms with Crippen LogP contribution in [0.2, 0.25) is 0 Å². The third-order valence-corrected chi connectivity index (χ3v) is 6.22. The second kappa shape index (κ2) is 9.14. The molecule has 0 radical (unpaired) electrons. The molecule has 2 rings (SSSR count). The molecule has 0 aliphatic rings. The van der Waals surface area contributed by atoms with Crippen LogP contribution < -0.4 is 5.32 Å². The number of benzene rings is 1. The Kier molecular flexibility index (Phi) is 7.15. The van der Waals surface area contributed by atoms with Crippen molar-refractivity contribution >= 4 is 38.7 Å². The lowest BCUT2D eigenvalue weighted by molar-refractivity contribution is -0.119. The van der Waals surface area contributed by atoms with E-state index >= 15 is 0 Å². The molecule has 2 aromatic rings. The van der Waals surface area contributed by atoms with Crippen LogP contribution >= 0.6 is 11.3 Å². The molecule has 0 saturated carbocycles. The fourth-order valence-corrected chi connectivity index (χ4v) is 4.68. The lowest BCUT2D eigenvalue weighted by Crippen LogP contribution is -2.21. The van der Waals surface area contributed by atoms with Gasteiger partial charge in [0, 0.05) is 11.1 Å². The van der Waals surface area contributed by atoms with Gasteiger partial charge >= 0.3 is 5.97 Å². The number of amides is 1. The first-order valence-electron chi connectivity index (χ1n) is 8.63. The highest BCUT2D eigenvalue weighted by atomic mass is 32.2. The summed E-state index contributed by atoms with van der Waals surface area (Å²) in [5.41, 5.74) is 1.29. The minimum atomic E-state index is -3.48. The second-order valence-corrected chi connectivity index (χ2v) is 9.18. The monoisotopic (exact) mass is 409 g/mol. The summed E-state index contributed by atoms with van der Waals surface area (Å²) in [5.74, 6) is -1.15. The molecule has 0 unspecified atom stereocenters. The first-order valence-corrected chi connectivity index (χ1v) is 11.3. The Hall–Kier alpha value is -2.19. The molecule has 6 nitrogen and oxygen atoms in total. The molecule has 0 spiro atoms. The summed E-state index contributed by atoms with van der Waals surface area (Å²) >= 11 is 1.39. The van der Waals surface area contributed by atoms with Crippen molar-refractivity contribution in [3.05, 3.63) is 45.6 Å². The van der Waals surface area contributed by atoms with E-state index in [9.17, 15) is 18.0 Å². The number of para-hydroxylation sites is 1. The van der Waals surface area contributed by atoms with Gasteiger partial charge < -0.3 is 10.1 Å². The maximum atomic E-state index is 12.2. The van der Waals surface area contributed by atoms with Crippen molar-refractivity contribution in [2.45, 2.75) is 38.0 Å². The molecule has 1 amide bonds. The fraction of sp³-hybridized carbons (Fsp3) is 0.368. The second-order valence-electron chi connectivity index (χ2n) is 6.06. The van der Waals surface area contributed by atoms with Crippen LogP contribution in [0.1, 0.15) is 40.4 Å². The van der Waals surface area contributed by atoms with E-state index in [1.807, 2.05) is 13.0 Å². The first-order chi connectivity index (χ1) is 12.8. The molecule has 0 aliphatic heterocycles. The maximum absolute atomic E-state index is 12.2. The lowest BCUT2D eigenvalue weighted by atomic mass is 10.1. The Balaban J connectivity index is 2.01. The van der Waals surface area contributed by atoms with E-state index in [1.54, 1.807) is 12.1 Å². The van der Waals surface area contributed by atoms with Crippen LogP contribution in [0.15, 0.2) is 35.2 Å². The van der Waals surface area contributed by atoms with Crippen molar-refractivity contribution < 1.29 is 22.7 Å². The molecule has 146 valence electrons. The number of carbonyl (C=O) groups is 2. The zero-order valence-electron chi connectivity index (χ0n) is 15.6. The summed E-state index contributed by atoms with van der Waals surface area (Å²) in [6.07, 6.45) is 3.80. The Morgan fingerprint density at radius 3 is 2.52 bits per heavy atom. The van der Waals surface area contributed by atoms with Crippen LogP contribution in [0.3, 0.4) is 0 Å². The molecule has 1 aromatic heterocycles. The predicted octanol–water partition coefficient (Wildman–Crippen LogP) is 3.46. The van der Waals surface area contributed by atoms with Crippen LogP contribution in [-0.2, 0) is 32.2 Å². The van der Waals surface area contributed by atoms with Gasteiger partial charge in [-0.15, -0.1) is 11.3 Å². The van der Waals surface area contributed by atoms with Gasteiger partial charge in [-0.25, -0.2) is 13.2 Å². The number of hydrogen-bond acceptors (Lipinski definition) is 6. The van der Waals surface area contributed by atoms with Crippen molar-refractivity contribution in [3.8, 4) is 0 Å². The van der Waals surface area contributed by atoms with E-state index < -0.39 is 28.3 Å². The molecule has 0 fully saturated rings. The number of thiophene rings is 1.